The van der Waals surface area contributed by atoms with Crippen molar-refractivity contribution in [1.82, 2.24) is 9.62 Å². The average molecular weight is 546 g/mol. The Kier molecular flexibility index (Phi) is 6.99. The van der Waals surface area contributed by atoms with Crippen molar-refractivity contribution in [2.75, 3.05) is 38.1 Å². The van der Waals surface area contributed by atoms with Gasteiger partial charge < -0.3 is 9.80 Å². The van der Waals surface area contributed by atoms with Gasteiger partial charge in [-0.15, -0.1) is 11.3 Å². The summed E-state index contributed by atoms with van der Waals surface area (Å²) < 4.78 is 55.3. The first kappa shape index (κ1) is 25.4. The quantitative estimate of drug-likeness (QED) is 0.511. The molecule has 1 N–H and O–H groups in total. The normalized spacial score (nSPS) is 19.3. The molecule has 1 saturated heterocycles. The van der Waals surface area contributed by atoms with E-state index in [0.29, 0.717) is 12.8 Å². The maximum atomic E-state index is 13.3. The summed E-state index contributed by atoms with van der Waals surface area (Å²) in [6, 6.07) is 13.4. The zero-order valence-electron chi connectivity index (χ0n) is 20.5. The molecule has 36 heavy (non-hydrogen) atoms. The molecule has 192 valence electrons. The third-order valence-corrected chi connectivity index (χ3v) is 12.0. The van der Waals surface area contributed by atoms with Crippen LogP contribution in [-0.2, 0) is 32.7 Å². The predicted molar refractivity (Wildman–Crippen MR) is 143 cm³/mol. The van der Waals surface area contributed by atoms with E-state index in [1.165, 1.54) is 46.0 Å². The molecule has 3 aromatic rings. The van der Waals surface area contributed by atoms with Crippen LogP contribution in [0.1, 0.15) is 23.1 Å². The molecule has 1 fully saturated rings. The van der Waals surface area contributed by atoms with Gasteiger partial charge in [0, 0.05) is 43.3 Å². The third kappa shape index (κ3) is 4.97. The van der Waals surface area contributed by atoms with Gasteiger partial charge in [-0.05, 0) is 74.2 Å². The van der Waals surface area contributed by atoms with Crippen molar-refractivity contribution in [3.8, 4) is 0 Å². The smallest absolute Gasteiger partial charge is 0.250 e. The molecule has 1 aliphatic heterocycles. The Morgan fingerprint density at radius 3 is 2.36 bits per heavy atom. The number of fused-ring (bicyclic) bond motifs is 1. The summed E-state index contributed by atoms with van der Waals surface area (Å²) in [6.45, 7) is 6.04. The molecule has 2 aliphatic rings. The van der Waals surface area contributed by atoms with E-state index in [1.807, 2.05) is 0 Å². The van der Waals surface area contributed by atoms with E-state index < -0.39 is 19.9 Å². The number of rotatable bonds is 6. The Morgan fingerprint density at radius 1 is 0.917 bits per heavy atom. The fourth-order valence-corrected chi connectivity index (χ4v) is 9.27. The number of sulfonamides is 1. The van der Waals surface area contributed by atoms with Crippen molar-refractivity contribution >= 4 is 36.9 Å². The maximum absolute atomic E-state index is 13.3. The monoisotopic (exact) mass is 545 g/mol. The van der Waals surface area contributed by atoms with E-state index in [2.05, 4.69) is 40.6 Å². The van der Waals surface area contributed by atoms with Crippen molar-refractivity contribution in [3.05, 3.63) is 70.6 Å². The van der Waals surface area contributed by atoms with E-state index >= 15 is 0 Å². The van der Waals surface area contributed by atoms with Gasteiger partial charge in [0.25, 0.3) is 0 Å². The van der Waals surface area contributed by atoms with Gasteiger partial charge >= 0.3 is 0 Å². The average Bonchev–Trinajstić information content (AvgIpc) is 3.38. The fourth-order valence-electron chi connectivity index (χ4n) is 5.08. The molecule has 0 bridgehead atoms. The number of hydrogen-bond donors (Lipinski definition) is 1. The number of sulfone groups is 1. The van der Waals surface area contributed by atoms with E-state index in [0.717, 1.165) is 43.9 Å². The Balaban J connectivity index is 1.36. The summed E-state index contributed by atoms with van der Waals surface area (Å²) in [5.41, 5.74) is 5.02. The van der Waals surface area contributed by atoms with Crippen LogP contribution in [-0.4, -0.2) is 61.0 Å². The number of aryl methyl sites for hydroxylation is 1. The van der Waals surface area contributed by atoms with E-state index in [9.17, 15) is 16.8 Å². The molecule has 1 aliphatic carbocycles. The van der Waals surface area contributed by atoms with E-state index in [1.54, 1.807) is 18.2 Å². The number of hydrogen-bond acceptors (Lipinski definition) is 7. The standard InChI is InChI=1S/C26H31N3O4S3/c1-19-8-11-25(29-14-12-28(2)13-15-29)24-16-20(9-10-23(19)24)27-36(32,33)26-17-22(18-34-26)35(30,31)21-6-4-3-5-7-21/h3-8,11,17-18,20,27H,9-10,12-16H2,1-2H3/t20-/m1/s1. The van der Waals surface area contributed by atoms with Crippen LogP contribution in [0.15, 0.2) is 67.9 Å². The van der Waals surface area contributed by atoms with E-state index in [4.69, 9.17) is 0 Å². The van der Waals surface area contributed by atoms with Crippen molar-refractivity contribution in [2.24, 2.45) is 0 Å². The highest BCUT2D eigenvalue weighted by Crippen LogP contribution is 2.34. The van der Waals surface area contributed by atoms with Crippen LogP contribution in [0.3, 0.4) is 0 Å². The molecule has 5 rings (SSSR count). The summed E-state index contributed by atoms with van der Waals surface area (Å²) in [4.78, 5) is 4.88. The maximum Gasteiger partial charge on any atom is 0.250 e. The van der Waals surface area contributed by atoms with Gasteiger partial charge in [-0.3, -0.25) is 0 Å². The summed E-state index contributed by atoms with van der Waals surface area (Å²) >= 11 is 0.938. The van der Waals surface area contributed by atoms with Crippen LogP contribution in [0.4, 0.5) is 5.69 Å². The first-order valence-corrected chi connectivity index (χ1v) is 16.0. The van der Waals surface area contributed by atoms with Gasteiger partial charge in [-0.1, -0.05) is 24.3 Å². The fraction of sp³-hybridized carbons (Fsp3) is 0.385. The molecule has 0 amide bonds. The van der Waals surface area contributed by atoms with Crippen LogP contribution in [0.25, 0.3) is 0 Å². The van der Waals surface area contributed by atoms with Crippen LogP contribution in [0.2, 0.25) is 0 Å². The van der Waals surface area contributed by atoms with Crippen molar-refractivity contribution < 1.29 is 16.8 Å². The topological polar surface area (TPSA) is 86.8 Å². The Bertz CT molecular complexity index is 1460. The zero-order chi connectivity index (χ0) is 25.5. The van der Waals surface area contributed by atoms with Gasteiger partial charge in [0.15, 0.2) is 0 Å². The largest absolute Gasteiger partial charge is 0.369 e. The number of thiophene rings is 1. The minimum atomic E-state index is -3.86. The minimum Gasteiger partial charge on any atom is -0.369 e. The first-order valence-electron chi connectivity index (χ1n) is 12.1. The second-order valence-electron chi connectivity index (χ2n) is 9.63. The first-order chi connectivity index (χ1) is 17.1. The van der Waals surface area contributed by atoms with Crippen LogP contribution >= 0.6 is 11.3 Å². The molecule has 10 heteroatoms. The van der Waals surface area contributed by atoms with Gasteiger partial charge in [0.2, 0.25) is 19.9 Å². The minimum absolute atomic E-state index is 0.000965. The number of benzene rings is 2. The molecule has 2 aromatic carbocycles. The molecule has 2 heterocycles. The molecule has 1 atom stereocenters. The molecule has 0 unspecified atom stereocenters. The lowest BCUT2D eigenvalue weighted by molar-refractivity contribution is 0.312. The molecule has 0 saturated carbocycles. The zero-order valence-corrected chi connectivity index (χ0v) is 22.9. The molecular weight excluding hydrogens is 515 g/mol. The Labute approximate surface area is 217 Å². The number of nitrogens with one attached hydrogen (secondary N) is 1. The Morgan fingerprint density at radius 2 is 1.64 bits per heavy atom. The van der Waals surface area contributed by atoms with Crippen molar-refractivity contribution in [1.29, 1.82) is 0 Å². The molecule has 7 nitrogen and oxygen atoms in total. The van der Waals surface area contributed by atoms with Crippen LogP contribution < -0.4 is 9.62 Å². The second-order valence-corrected chi connectivity index (χ2v) is 14.4. The van der Waals surface area contributed by atoms with Crippen LogP contribution in [0.5, 0.6) is 0 Å². The lowest BCUT2D eigenvalue weighted by Gasteiger charge is -2.37. The third-order valence-electron chi connectivity index (χ3n) is 7.18. The van der Waals surface area contributed by atoms with Crippen molar-refractivity contribution in [3.63, 3.8) is 0 Å². The SMILES string of the molecule is Cc1ccc(N2CCN(C)CC2)c2c1CC[C@@H](NS(=O)(=O)c1cc(S(=O)(=O)c3ccccc3)cs1)C2. The van der Waals surface area contributed by atoms with Gasteiger partial charge in [-0.2, -0.15) is 0 Å². The predicted octanol–water partition coefficient (Wildman–Crippen LogP) is 3.48. The number of anilines is 1. The van der Waals surface area contributed by atoms with Gasteiger partial charge in [0.05, 0.1) is 9.79 Å². The van der Waals surface area contributed by atoms with E-state index in [-0.39, 0.29) is 20.0 Å². The summed E-state index contributed by atoms with van der Waals surface area (Å²) in [7, 11) is -5.49. The summed E-state index contributed by atoms with van der Waals surface area (Å²) in [5, 5.41) is 1.40. The summed E-state index contributed by atoms with van der Waals surface area (Å²) in [5.74, 6) is 0. The highest BCUT2D eigenvalue weighted by atomic mass is 32.2. The highest BCUT2D eigenvalue weighted by molar-refractivity contribution is 7.93. The van der Waals surface area contributed by atoms with Gasteiger partial charge in [0.1, 0.15) is 4.21 Å². The lowest BCUT2D eigenvalue weighted by Crippen LogP contribution is -2.45. The number of piperazine rings is 1. The number of nitrogens with zero attached hydrogens (tertiary/aromatic N) is 2. The molecular formula is C26H31N3O4S3. The van der Waals surface area contributed by atoms with Crippen LogP contribution in [0, 0.1) is 6.92 Å². The van der Waals surface area contributed by atoms with Crippen molar-refractivity contribution in [2.45, 2.75) is 46.2 Å². The second kappa shape index (κ2) is 9.90. The Hall–Kier alpha value is -2.24. The molecule has 0 spiro atoms. The molecule has 1 aromatic heterocycles. The molecule has 0 radical (unpaired) electrons. The highest BCUT2D eigenvalue weighted by Gasteiger charge is 2.30. The van der Waals surface area contributed by atoms with Gasteiger partial charge in [-0.25, -0.2) is 21.6 Å². The number of likely N-dealkylation sites (N-methyl/N-ethyl adjacent to an activating group) is 1. The lowest BCUT2D eigenvalue weighted by atomic mass is 9.84. The summed E-state index contributed by atoms with van der Waals surface area (Å²) in [6.07, 6.45) is 2.15.